The summed E-state index contributed by atoms with van der Waals surface area (Å²) in [5, 5.41) is 0. The van der Waals surface area contributed by atoms with Crippen molar-refractivity contribution in [3.63, 3.8) is 0 Å². The van der Waals surface area contributed by atoms with E-state index >= 15 is 0 Å². The largest absolute Gasteiger partial charge is 0.497 e. The van der Waals surface area contributed by atoms with Crippen molar-refractivity contribution < 1.29 is 14.2 Å². The molecule has 3 heteroatoms. The first kappa shape index (κ1) is 16.8. The lowest BCUT2D eigenvalue weighted by molar-refractivity contribution is 0.277. The third-order valence-corrected chi connectivity index (χ3v) is 2.64. The van der Waals surface area contributed by atoms with Crippen LogP contribution in [0.4, 0.5) is 0 Å². The summed E-state index contributed by atoms with van der Waals surface area (Å²) in [5.74, 6) is 1.59. The quantitative estimate of drug-likeness (QED) is 0.791. The molecular weight excluding hydrogens is 264 g/mol. The number of hydrogen-bond acceptors (Lipinski definition) is 3. The fourth-order valence-corrected chi connectivity index (χ4v) is 1.68. The molecule has 2 rings (SSSR count). The maximum absolute atomic E-state index is 5.24. The SMILES string of the molecule is COC.COc1cc(C=Cc2ccccc2)cc(OC)c1. The predicted octanol–water partition coefficient (Wildman–Crippen LogP) is 4.14. The van der Waals surface area contributed by atoms with Crippen molar-refractivity contribution in [1.82, 2.24) is 0 Å². The van der Waals surface area contributed by atoms with Gasteiger partial charge in [-0.2, -0.15) is 0 Å². The Balaban J connectivity index is 0.000000677. The lowest BCUT2D eigenvalue weighted by atomic mass is 10.1. The Hall–Kier alpha value is -2.26. The molecule has 0 atom stereocenters. The maximum atomic E-state index is 5.24. The van der Waals surface area contributed by atoms with Crippen LogP contribution in [0.15, 0.2) is 48.5 Å². The van der Waals surface area contributed by atoms with Crippen LogP contribution in [0, 0.1) is 0 Å². The average Bonchev–Trinajstić information content (AvgIpc) is 2.54. The summed E-state index contributed by atoms with van der Waals surface area (Å²) < 4.78 is 14.7. The molecule has 0 heterocycles. The number of benzene rings is 2. The van der Waals surface area contributed by atoms with E-state index in [1.165, 1.54) is 5.56 Å². The van der Waals surface area contributed by atoms with E-state index in [-0.39, 0.29) is 0 Å². The molecular formula is C18H22O3. The van der Waals surface area contributed by atoms with Gasteiger partial charge in [0.25, 0.3) is 0 Å². The standard InChI is InChI=1S/C16H16O2.C2H6O/c1-17-15-10-14(11-16(12-15)18-2)9-8-13-6-4-3-5-7-13;1-3-2/h3-12H,1-2H3;1-2H3. The highest BCUT2D eigenvalue weighted by atomic mass is 16.5. The molecule has 0 saturated carbocycles. The van der Waals surface area contributed by atoms with Gasteiger partial charge in [-0.1, -0.05) is 42.5 Å². The van der Waals surface area contributed by atoms with Gasteiger partial charge >= 0.3 is 0 Å². The molecule has 21 heavy (non-hydrogen) atoms. The number of methoxy groups -OCH3 is 3. The Labute approximate surface area is 126 Å². The molecule has 0 aliphatic rings. The monoisotopic (exact) mass is 286 g/mol. The van der Waals surface area contributed by atoms with Crippen LogP contribution in [-0.2, 0) is 4.74 Å². The zero-order valence-electron chi connectivity index (χ0n) is 13.0. The molecule has 0 aliphatic carbocycles. The van der Waals surface area contributed by atoms with Gasteiger partial charge in [0.1, 0.15) is 11.5 Å². The zero-order valence-corrected chi connectivity index (χ0v) is 13.0. The molecule has 3 nitrogen and oxygen atoms in total. The summed E-state index contributed by atoms with van der Waals surface area (Å²) in [6, 6.07) is 16.0. The number of rotatable bonds is 4. The Morgan fingerprint density at radius 3 is 1.62 bits per heavy atom. The van der Waals surface area contributed by atoms with Gasteiger partial charge in [-0.3, -0.25) is 0 Å². The van der Waals surface area contributed by atoms with Crippen LogP contribution in [0.1, 0.15) is 11.1 Å². The van der Waals surface area contributed by atoms with Crippen molar-refractivity contribution in [3.05, 3.63) is 59.7 Å². The van der Waals surface area contributed by atoms with Crippen molar-refractivity contribution in [3.8, 4) is 11.5 Å². The third-order valence-electron chi connectivity index (χ3n) is 2.64. The lowest BCUT2D eigenvalue weighted by Gasteiger charge is -2.05. The van der Waals surface area contributed by atoms with Crippen molar-refractivity contribution in [2.24, 2.45) is 0 Å². The summed E-state index contributed by atoms with van der Waals surface area (Å²) in [4.78, 5) is 0. The Bertz CT molecular complexity index is 525. The van der Waals surface area contributed by atoms with E-state index in [9.17, 15) is 0 Å². The summed E-state index contributed by atoms with van der Waals surface area (Å²) in [6.45, 7) is 0. The average molecular weight is 286 g/mol. The van der Waals surface area contributed by atoms with Gasteiger partial charge < -0.3 is 14.2 Å². The summed E-state index contributed by atoms with van der Waals surface area (Å²) in [7, 11) is 6.55. The first-order valence-corrected chi connectivity index (χ1v) is 6.59. The minimum absolute atomic E-state index is 0.794. The molecule has 0 N–H and O–H groups in total. The number of ether oxygens (including phenoxy) is 3. The first-order chi connectivity index (χ1) is 10.2. The van der Waals surface area contributed by atoms with Gasteiger partial charge in [0.05, 0.1) is 14.2 Å². The topological polar surface area (TPSA) is 27.7 Å². The van der Waals surface area contributed by atoms with Crippen LogP contribution in [0.2, 0.25) is 0 Å². The van der Waals surface area contributed by atoms with E-state index in [1.54, 1.807) is 28.4 Å². The highest BCUT2D eigenvalue weighted by molar-refractivity contribution is 5.70. The Morgan fingerprint density at radius 2 is 1.14 bits per heavy atom. The zero-order chi connectivity index (χ0) is 15.5. The molecule has 2 aromatic carbocycles. The first-order valence-electron chi connectivity index (χ1n) is 6.59. The van der Waals surface area contributed by atoms with Crippen LogP contribution in [0.25, 0.3) is 12.2 Å². The minimum Gasteiger partial charge on any atom is -0.497 e. The van der Waals surface area contributed by atoms with Crippen LogP contribution in [-0.4, -0.2) is 28.4 Å². The van der Waals surface area contributed by atoms with Crippen molar-refractivity contribution >= 4 is 12.2 Å². The van der Waals surface area contributed by atoms with Gasteiger partial charge in [-0.15, -0.1) is 0 Å². The second kappa shape index (κ2) is 9.61. The Kier molecular flexibility index (Phi) is 7.69. The van der Waals surface area contributed by atoms with Gasteiger partial charge in [0, 0.05) is 20.3 Å². The summed E-state index contributed by atoms with van der Waals surface area (Å²) in [6.07, 6.45) is 4.11. The van der Waals surface area contributed by atoms with Crippen LogP contribution < -0.4 is 9.47 Å². The molecule has 0 amide bonds. The van der Waals surface area contributed by atoms with Gasteiger partial charge in [-0.05, 0) is 23.3 Å². The van der Waals surface area contributed by atoms with Crippen molar-refractivity contribution in [2.45, 2.75) is 0 Å². The molecule has 2 aromatic rings. The molecule has 0 aromatic heterocycles. The van der Waals surface area contributed by atoms with E-state index in [0.717, 1.165) is 17.1 Å². The smallest absolute Gasteiger partial charge is 0.123 e. The summed E-state index contributed by atoms with van der Waals surface area (Å²) >= 11 is 0. The highest BCUT2D eigenvalue weighted by Gasteiger charge is 1.99. The van der Waals surface area contributed by atoms with Crippen LogP contribution >= 0.6 is 0 Å². The van der Waals surface area contributed by atoms with Crippen molar-refractivity contribution in [2.75, 3.05) is 28.4 Å². The molecule has 0 aliphatic heterocycles. The van der Waals surface area contributed by atoms with Gasteiger partial charge in [-0.25, -0.2) is 0 Å². The minimum atomic E-state index is 0.794. The van der Waals surface area contributed by atoms with Crippen molar-refractivity contribution in [1.29, 1.82) is 0 Å². The van der Waals surface area contributed by atoms with E-state index < -0.39 is 0 Å². The normalized spacial score (nSPS) is 9.90. The second-order valence-electron chi connectivity index (χ2n) is 4.30. The van der Waals surface area contributed by atoms with E-state index in [0.29, 0.717) is 0 Å². The molecule has 0 radical (unpaired) electrons. The van der Waals surface area contributed by atoms with Gasteiger partial charge in [0.2, 0.25) is 0 Å². The van der Waals surface area contributed by atoms with E-state index in [2.05, 4.69) is 22.9 Å². The predicted molar refractivity (Wildman–Crippen MR) is 87.8 cm³/mol. The molecule has 0 bridgehead atoms. The van der Waals surface area contributed by atoms with E-state index in [4.69, 9.17) is 9.47 Å². The van der Waals surface area contributed by atoms with Gasteiger partial charge in [0.15, 0.2) is 0 Å². The number of hydrogen-bond donors (Lipinski definition) is 0. The third kappa shape index (κ3) is 6.15. The van der Waals surface area contributed by atoms with E-state index in [1.807, 2.05) is 42.5 Å². The summed E-state index contributed by atoms with van der Waals surface area (Å²) in [5.41, 5.74) is 2.22. The lowest BCUT2D eigenvalue weighted by Crippen LogP contribution is -1.88. The molecule has 0 unspecified atom stereocenters. The Morgan fingerprint density at radius 1 is 0.667 bits per heavy atom. The fourth-order valence-electron chi connectivity index (χ4n) is 1.68. The molecule has 0 saturated heterocycles. The molecule has 0 spiro atoms. The molecule has 112 valence electrons. The fraction of sp³-hybridized carbons (Fsp3) is 0.222. The maximum Gasteiger partial charge on any atom is 0.123 e. The molecule has 0 fully saturated rings. The van der Waals surface area contributed by atoms with Crippen LogP contribution in [0.5, 0.6) is 11.5 Å². The van der Waals surface area contributed by atoms with Crippen LogP contribution in [0.3, 0.4) is 0 Å². The second-order valence-corrected chi connectivity index (χ2v) is 4.30. The highest BCUT2D eigenvalue weighted by Crippen LogP contribution is 2.23.